The quantitative estimate of drug-likeness (QED) is 0.844. The van der Waals surface area contributed by atoms with Crippen LogP contribution in [-0.4, -0.2) is 34.8 Å². The Morgan fingerprint density at radius 1 is 1.47 bits per heavy atom. The summed E-state index contributed by atoms with van der Waals surface area (Å²) in [6.07, 6.45) is 5.10. The van der Waals surface area contributed by atoms with E-state index in [-0.39, 0.29) is 6.61 Å². The number of aromatic nitrogens is 2. The number of nitrogens with zero attached hydrogens (tertiary/aromatic N) is 3. The highest BCUT2D eigenvalue weighted by Crippen LogP contribution is 2.25. The van der Waals surface area contributed by atoms with Crippen molar-refractivity contribution in [2.75, 3.05) is 24.6 Å². The molecule has 1 saturated heterocycles. The topological polar surface area (TPSA) is 49.2 Å². The van der Waals surface area contributed by atoms with E-state index in [4.69, 9.17) is 16.7 Å². The Labute approximate surface area is 119 Å². The van der Waals surface area contributed by atoms with Crippen molar-refractivity contribution >= 4 is 17.4 Å². The molecule has 1 N–H and O–H groups in total. The van der Waals surface area contributed by atoms with Gasteiger partial charge in [-0.05, 0) is 31.6 Å². The van der Waals surface area contributed by atoms with Crippen molar-refractivity contribution in [3.05, 3.63) is 17.0 Å². The predicted octanol–water partition coefficient (Wildman–Crippen LogP) is 2.68. The molecule has 0 radical (unpaired) electrons. The maximum absolute atomic E-state index is 9.07. The molecule has 4 nitrogen and oxygen atoms in total. The number of piperidine rings is 1. The van der Waals surface area contributed by atoms with Crippen LogP contribution in [0.4, 0.5) is 5.82 Å². The van der Waals surface area contributed by atoms with Gasteiger partial charge in [-0.2, -0.15) is 0 Å². The minimum absolute atomic E-state index is 0.268. The molecule has 0 bridgehead atoms. The van der Waals surface area contributed by atoms with Crippen LogP contribution in [0.25, 0.3) is 0 Å². The fourth-order valence-corrected chi connectivity index (χ4v) is 2.84. The zero-order valence-electron chi connectivity index (χ0n) is 11.5. The largest absolute Gasteiger partial charge is 0.396 e. The second kappa shape index (κ2) is 7.06. The van der Waals surface area contributed by atoms with E-state index in [1.165, 1.54) is 6.42 Å². The zero-order chi connectivity index (χ0) is 13.7. The maximum Gasteiger partial charge on any atom is 0.134 e. The van der Waals surface area contributed by atoms with Crippen molar-refractivity contribution < 1.29 is 5.11 Å². The minimum atomic E-state index is 0.268. The Hall–Kier alpha value is -0.870. The molecule has 0 saturated carbocycles. The summed E-state index contributed by atoms with van der Waals surface area (Å²) in [5, 5.41) is 9.59. The third-order valence-electron chi connectivity index (χ3n) is 3.58. The summed E-state index contributed by atoms with van der Waals surface area (Å²) in [6.45, 7) is 4.35. The molecule has 106 valence electrons. The average molecular weight is 284 g/mol. The molecular formula is C14H22ClN3O. The number of anilines is 1. The third kappa shape index (κ3) is 4.05. The van der Waals surface area contributed by atoms with Gasteiger partial charge in [0.25, 0.3) is 0 Å². The monoisotopic (exact) mass is 283 g/mol. The summed E-state index contributed by atoms with van der Waals surface area (Å²) < 4.78 is 0. The molecule has 2 heterocycles. The fraction of sp³-hybridized carbons (Fsp3) is 0.714. The lowest BCUT2D eigenvalue weighted by atomic mass is 9.95. The molecule has 1 aliphatic heterocycles. The molecule has 0 spiro atoms. The van der Waals surface area contributed by atoms with Gasteiger partial charge >= 0.3 is 0 Å². The molecule has 0 aliphatic carbocycles. The normalized spacial score (nSPS) is 19.7. The van der Waals surface area contributed by atoms with Gasteiger partial charge in [-0.15, -0.1) is 0 Å². The van der Waals surface area contributed by atoms with Gasteiger partial charge in [-0.1, -0.05) is 18.5 Å². The molecule has 2 rings (SSSR count). The first-order valence-electron chi connectivity index (χ1n) is 7.12. The van der Waals surface area contributed by atoms with Crippen LogP contribution in [0.2, 0.25) is 5.15 Å². The number of aliphatic hydroxyl groups excluding tert-OH is 1. The Kier molecular flexibility index (Phi) is 5.40. The summed E-state index contributed by atoms with van der Waals surface area (Å²) in [5.41, 5.74) is 0. The number of aliphatic hydroxyl groups is 1. The van der Waals surface area contributed by atoms with Crippen molar-refractivity contribution in [2.24, 2.45) is 5.92 Å². The van der Waals surface area contributed by atoms with Crippen LogP contribution in [-0.2, 0) is 6.42 Å². The molecular weight excluding hydrogens is 262 g/mol. The second-order valence-electron chi connectivity index (χ2n) is 5.18. The number of halogens is 1. The smallest absolute Gasteiger partial charge is 0.134 e. The first-order valence-corrected chi connectivity index (χ1v) is 7.50. The molecule has 0 amide bonds. The highest BCUT2D eigenvalue weighted by molar-refractivity contribution is 6.29. The van der Waals surface area contributed by atoms with Crippen molar-refractivity contribution in [3.8, 4) is 0 Å². The van der Waals surface area contributed by atoms with E-state index >= 15 is 0 Å². The Balaban J connectivity index is 2.11. The summed E-state index contributed by atoms with van der Waals surface area (Å²) in [6, 6.07) is 1.85. The van der Waals surface area contributed by atoms with Crippen molar-refractivity contribution in [3.63, 3.8) is 0 Å². The van der Waals surface area contributed by atoms with Crippen LogP contribution in [0.5, 0.6) is 0 Å². The lowest BCUT2D eigenvalue weighted by molar-refractivity contribution is 0.244. The second-order valence-corrected chi connectivity index (χ2v) is 5.57. The lowest BCUT2D eigenvalue weighted by Crippen LogP contribution is -2.36. The lowest BCUT2D eigenvalue weighted by Gasteiger charge is -2.33. The molecule has 1 atom stereocenters. The standard InChI is InChI=1S/C14H22ClN3O/c1-2-4-13-16-12(15)9-14(17-13)18-7-3-5-11(10-18)6-8-19/h9,11,19H,2-8,10H2,1H3. The van der Waals surface area contributed by atoms with E-state index in [0.717, 1.165) is 50.4 Å². The molecule has 1 aliphatic rings. The summed E-state index contributed by atoms with van der Waals surface area (Å²) >= 11 is 6.08. The number of aryl methyl sites for hydroxylation is 1. The molecule has 1 unspecified atom stereocenters. The average Bonchev–Trinajstić information content (AvgIpc) is 2.39. The Morgan fingerprint density at radius 3 is 3.05 bits per heavy atom. The molecule has 1 fully saturated rings. The molecule has 5 heteroatoms. The van der Waals surface area contributed by atoms with Gasteiger partial charge in [-0.25, -0.2) is 9.97 Å². The number of rotatable bonds is 5. The van der Waals surface area contributed by atoms with E-state index in [1.54, 1.807) is 0 Å². The predicted molar refractivity (Wildman–Crippen MR) is 77.7 cm³/mol. The van der Waals surface area contributed by atoms with Gasteiger partial charge < -0.3 is 10.0 Å². The van der Waals surface area contributed by atoms with E-state index in [2.05, 4.69) is 21.8 Å². The van der Waals surface area contributed by atoms with Gasteiger partial charge in [-0.3, -0.25) is 0 Å². The van der Waals surface area contributed by atoms with E-state index in [0.29, 0.717) is 11.1 Å². The van der Waals surface area contributed by atoms with E-state index < -0.39 is 0 Å². The molecule has 1 aromatic heterocycles. The highest BCUT2D eigenvalue weighted by atomic mass is 35.5. The summed E-state index contributed by atoms with van der Waals surface area (Å²) in [7, 11) is 0. The van der Waals surface area contributed by atoms with Crippen LogP contribution in [0.3, 0.4) is 0 Å². The van der Waals surface area contributed by atoms with Crippen molar-refractivity contribution in [1.29, 1.82) is 0 Å². The zero-order valence-corrected chi connectivity index (χ0v) is 12.2. The van der Waals surface area contributed by atoms with Gasteiger partial charge in [0.1, 0.15) is 16.8 Å². The van der Waals surface area contributed by atoms with Crippen LogP contribution in [0.15, 0.2) is 6.07 Å². The number of hydrogen-bond acceptors (Lipinski definition) is 4. The molecule has 19 heavy (non-hydrogen) atoms. The van der Waals surface area contributed by atoms with Gasteiger partial charge in [0, 0.05) is 32.2 Å². The summed E-state index contributed by atoms with van der Waals surface area (Å²) in [4.78, 5) is 11.1. The first-order chi connectivity index (χ1) is 9.22. The highest BCUT2D eigenvalue weighted by Gasteiger charge is 2.21. The minimum Gasteiger partial charge on any atom is -0.396 e. The maximum atomic E-state index is 9.07. The Bertz CT molecular complexity index is 412. The van der Waals surface area contributed by atoms with Crippen LogP contribution < -0.4 is 4.90 Å². The van der Waals surface area contributed by atoms with Gasteiger partial charge in [0.05, 0.1) is 0 Å². The van der Waals surface area contributed by atoms with E-state index in [1.807, 2.05) is 6.07 Å². The molecule has 1 aromatic rings. The fourth-order valence-electron chi connectivity index (χ4n) is 2.64. The van der Waals surface area contributed by atoms with Crippen LogP contribution in [0, 0.1) is 5.92 Å². The Morgan fingerprint density at radius 2 is 2.32 bits per heavy atom. The van der Waals surface area contributed by atoms with Crippen molar-refractivity contribution in [2.45, 2.75) is 39.0 Å². The first kappa shape index (κ1) is 14.5. The number of hydrogen-bond donors (Lipinski definition) is 1. The summed E-state index contributed by atoms with van der Waals surface area (Å²) in [5.74, 6) is 2.32. The van der Waals surface area contributed by atoms with Gasteiger partial charge in [0.15, 0.2) is 0 Å². The molecule has 0 aromatic carbocycles. The van der Waals surface area contributed by atoms with Crippen LogP contribution >= 0.6 is 11.6 Å². The van der Waals surface area contributed by atoms with Crippen LogP contribution in [0.1, 0.15) is 38.4 Å². The van der Waals surface area contributed by atoms with Gasteiger partial charge in [0.2, 0.25) is 0 Å². The van der Waals surface area contributed by atoms with E-state index in [9.17, 15) is 0 Å². The SMILES string of the molecule is CCCc1nc(Cl)cc(N2CCCC(CCO)C2)n1. The van der Waals surface area contributed by atoms with Crippen molar-refractivity contribution in [1.82, 2.24) is 9.97 Å². The third-order valence-corrected chi connectivity index (χ3v) is 3.78.